The molecular formula is C13H24N2O. The Morgan fingerprint density at radius 3 is 2.75 bits per heavy atom. The number of carbonyl (C=O) groups excluding carboxylic acids is 1. The highest BCUT2D eigenvalue weighted by atomic mass is 16.2. The minimum Gasteiger partial charge on any atom is -0.354 e. The van der Waals surface area contributed by atoms with Gasteiger partial charge in [0.1, 0.15) is 0 Å². The number of piperidine rings is 1. The number of hydrogen-bond donors (Lipinski definition) is 2. The molecule has 1 heterocycles. The fraction of sp³-hybridized carbons (Fsp3) is 0.923. The highest BCUT2D eigenvalue weighted by Gasteiger charge is 2.40. The van der Waals surface area contributed by atoms with Crippen LogP contribution in [0, 0.1) is 17.3 Å². The Bertz CT molecular complexity index is 275. The molecule has 16 heavy (non-hydrogen) atoms. The van der Waals surface area contributed by atoms with Gasteiger partial charge in [0, 0.05) is 18.5 Å². The van der Waals surface area contributed by atoms with E-state index in [1.807, 2.05) is 0 Å². The van der Waals surface area contributed by atoms with Gasteiger partial charge in [-0.05, 0) is 37.1 Å². The number of carbonyl (C=O) groups is 1. The van der Waals surface area contributed by atoms with E-state index in [1.165, 1.54) is 12.8 Å². The summed E-state index contributed by atoms with van der Waals surface area (Å²) >= 11 is 0. The van der Waals surface area contributed by atoms with Crippen LogP contribution in [0.1, 0.15) is 40.0 Å². The molecule has 1 amide bonds. The summed E-state index contributed by atoms with van der Waals surface area (Å²) in [5, 5.41) is 6.62. The topological polar surface area (TPSA) is 41.1 Å². The molecule has 2 aliphatic rings. The zero-order chi connectivity index (χ0) is 11.8. The van der Waals surface area contributed by atoms with Crippen molar-refractivity contribution in [3.63, 3.8) is 0 Å². The summed E-state index contributed by atoms with van der Waals surface area (Å²) in [6.07, 6.45) is 3.57. The Morgan fingerprint density at radius 2 is 2.19 bits per heavy atom. The van der Waals surface area contributed by atoms with Gasteiger partial charge in [0.05, 0.1) is 0 Å². The van der Waals surface area contributed by atoms with E-state index in [-0.39, 0.29) is 5.91 Å². The monoisotopic (exact) mass is 224 g/mol. The minimum atomic E-state index is 0.260. The van der Waals surface area contributed by atoms with Gasteiger partial charge in [0.15, 0.2) is 0 Å². The third-order valence-corrected chi connectivity index (χ3v) is 4.26. The third-order valence-electron chi connectivity index (χ3n) is 4.26. The third kappa shape index (κ3) is 2.57. The molecule has 0 aromatic rings. The van der Waals surface area contributed by atoms with E-state index in [9.17, 15) is 4.79 Å². The summed E-state index contributed by atoms with van der Waals surface area (Å²) in [7, 11) is 0. The Hall–Kier alpha value is -0.570. The highest BCUT2D eigenvalue weighted by Crippen LogP contribution is 2.37. The van der Waals surface area contributed by atoms with Gasteiger partial charge in [-0.25, -0.2) is 0 Å². The molecule has 0 bridgehead atoms. The van der Waals surface area contributed by atoms with Crippen molar-refractivity contribution in [1.82, 2.24) is 10.6 Å². The first kappa shape index (κ1) is 11.9. The average Bonchev–Trinajstić information content (AvgIpc) is 2.93. The summed E-state index contributed by atoms with van der Waals surface area (Å²) in [5.74, 6) is 1.16. The molecular weight excluding hydrogens is 200 g/mol. The molecule has 1 saturated carbocycles. The van der Waals surface area contributed by atoms with Crippen molar-refractivity contribution < 1.29 is 4.79 Å². The van der Waals surface area contributed by atoms with Gasteiger partial charge >= 0.3 is 0 Å². The molecule has 2 fully saturated rings. The van der Waals surface area contributed by atoms with Crippen molar-refractivity contribution in [2.24, 2.45) is 17.3 Å². The van der Waals surface area contributed by atoms with Gasteiger partial charge in [-0.3, -0.25) is 4.79 Å². The maximum Gasteiger partial charge on any atom is 0.223 e. The average molecular weight is 224 g/mol. The molecule has 3 nitrogen and oxygen atoms in total. The van der Waals surface area contributed by atoms with Gasteiger partial charge in [0.2, 0.25) is 5.91 Å². The van der Waals surface area contributed by atoms with Gasteiger partial charge in [0.25, 0.3) is 0 Å². The van der Waals surface area contributed by atoms with Crippen LogP contribution in [0.4, 0.5) is 0 Å². The molecule has 1 aliphatic carbocycles. The van der Waals surface area contributed by atoms with E-state index in [0.717, 1.165) is 19.5 Å². The summed E-state index contributed by atoms with van der Waals surface area (Å²) in [4.78, 5) is 11.7. The quantitative estimate of drug-likeness (QED) is 0.763. The molecule has 3 atom stereocenters. The van der Waals surface area contributed by atoms with Gasteiger partial charge in [-0.15, -0.1) is 0 Å². The maximum atomic E-state index is 11.7. The van der Waals surface area contributed by atoms with Crippen LogP contribution >= 0.6 is 0 Å². The smallest absolute Gasteiger partial charge is 0.223 e. The second-order valence-electron chi connectivity index (χ2n) is 6.16. The molecule has 0 spiro atoms. The highest BCUT2D eigenvalue weighted by molar-refractivity contribution is 5.81. The fourth-order valence-corrected chi connectivity index (χ4v) is 2.64. The van der Waals surface area contributed by atoms with Crippen molar-refractivity contribution >= 4 is 5.91 Å². The first-order valence-corrected chi connectivity index (χ1v) is 6.52. The van der Waals surface area contributed by atoms with Gasteiger partial charge in [-0.2, -0.15) is 0 Å². The van der Waals surface area contributed by atoms with Gasteiger partial charge in [-0.1, -0.05) is 20.8 Å². The molecule has 3 unspecified atom stereocenters. The number of rotatable bonds is 3. The van der Waals surface area contributed by atoms with E-state index in [0.29, 0.717) is 23.3 Å². The van der Waals surface area contributed by atoms with E-state index in [2.05, 4.69) is 31.4 Å². The van der Waals surface area contributed by atoms with Crippen LogP contribution in [-0.2, 0) is 4.79 Å². The molecule has 0 aromatic carbocycles. The minimum absolute atomic E-state index is 0.260. The molecule has 1 saturated heterocycles. The lowest BCUT2D eigenvalue weighted by Gasteiger charge is -2.39. The maximum absolute atomic E-state index is 11.7. The molecule has 92 valence electrons. The number of nitrogens with one attached hydrogen (secondary N) is 2. The predicted molar refractivity (Wildman–Crippen MR) is 65.1 cm³/mol. The van der Waals surface area contributed by atoms with Crippen LogP contribution in [0.5, 0.6) is 0 Å². The van der Waals surface area contributed by atoms with E-state index in [4.69, 9.17) is 0 Å². The van der Waals surface area contributed by atoms with Crippen LogP contribution in [-0.4, -0.2) is 25.0 Å². The summed E-state index contributed by atoms with van der Waals surface area (Å²) in [5.41, 5.74) is 0.306. The van der Waals surface area contributed by atoms with Crippen LogP contribution in [0.25, 0.3) is 0 Å². The molecule has 2 rings (SSSR count). The van der Waals surface area contributed by atoms with Gasteiger partial charge < -0.3 is 10.6 Å². The fourth-order valence-electron chi connectivity index (χ4n) is 2.64. The van der Waals surface area contributed by atoms with E-state index in [1.54, 1.807) is 0 Å². The normalized spacial score (nSPS) is 36.8. The Balaban J connectivity index is 1.78. The summed E-state index contributed by atoms with van der Waals surface area (Å²) in [6.45, 7) is 8.59. The lowest BCUT2D eigenvalue weighted by Crippen LogP contribution is -2.53. The van der Waals surface area contributed by atoms with Crippen LogP contribution in [0.3, 0.4) is 0 Å². The zero-order valence-corrected chi connectivity index (χ0v) is 10.7. The Kier molecular flexibility index (Phi) is 3.24. The largest absolute Gasteiger partial charge is 0.354 e. The van der Waals surface area contributed by atoms with Crippen molar-refractivity contribution in [2.75, 3.05) is 13.1 Å². The second-order valence-corrected chi connectivity index (χ2v) is 6.16. The lowest BCUT2D eigenvalue weighted by atomic mass is 9.77. The van der Waals surface area contributed by atoms with E-state index >= 15 is 0 Å². The number of amides is 1. The Labute approximate surface area is 98.4 Å². The molecule has 3 heteroatoms. The van der Waals surface area contributed by atoms with Crippen molar-refractivity contribution in [1.29, 1.82) is 0 Å². The first-order chi connectivity index (χ1) is 7.50. The molecule has 0 aromatic heterocycles. The number of hydrogen-bond acceptors (Lipinski definition) is 2. The van der Waals surface area contributed by atoms with E-state index < -0.39 is 0 Å². The molecule has 0 radical (unpaired) electrons. The van der Waals surface area contributed by atoms with Crippen molar-refractivity contribution in [2.45, 2.75) is 46.1 Å². The van der Waals surface area contributed by atoms with Crippen molar-refractivity contribution in [3.8, 4) is 0 Å². The first-order valence-electron chi connectivity index (χ1n) is 6.52. The Morgan fingerprint density at radius 1 is 1.50 bits per heavy atom. The lowest BCUT2D eigenvalue weighted by molar-refractivity contribution is -0.122. The summed E-state index contributed by atoms with van der Waals surface area (Å²) in [6, 6.07) is 0.430. The summed E-state index contributed by atoms with van der Waals surface area (Å²) < 4.78 is 0. The van der Waals surface area contributed by atoms with Crippen LogP contribution in [0.2, 0.25) is 0 Å². The molecule has 1 aliphatic heterocycles. The van der Waals surface area contributed by atoms with Crippen LogP contribution < -0.4 is 10.6 Å². The second kappa shape index (κ2) is 4.36. The van der Waals surface area contributed by atoms with Crippen molar-refractivity contribution in [3.05, 3.63) is 0 Å². The predicted octanol–water partition coefficient (Wildman–Crippen LogP) is 1.54. The zero-order valence-electron chi connectivity index (χ0n) is 10.7. The standard InChI is InChI=1S/C13H24N2O/c1-9-7-10(9)12(16)15-8-11-13(2,3)5-4-6-14-11/h9-11,14H,4-8H2,1-3H3,(H,15,16). The van der Waals surface area contributed by atoms with Crippen LogP contribution in [0.15, 0.2) is 0 Å². The molecule has 2 N–H and O–H groups in total. The SMILES string of the molecule is CC1CC1C(=O)NCC1NCCCC1(C)C.